The van der Waals surface area contributed by atoms with Gasteiger partial charge in [0.2, 0.25) is 11.9 Å². The number of hydrogen-bond acceptors (Lipinski definition) is 10. The van der Waals surface area contributed by atoms with Crippen molar-refractivity contribution in [1.29, 1.82) is 0 Å². The van der Waals surface area contributed by atoms with Crippen molar-refractivity contribution in [2.75, 3.05) is 63.1 Å². The van der Waals surface area contributed by atoms with Crippen LogP contribution >= 0.6 is 23.2 Å². The molecule has 2 aromatic heterocycles. The molecular formula is C29H33Cl2N9O4. The summed E-state index contributed by atoms with van der Waals surface area (Å²) in [5.41, 5.74) is 0.934. The van der Waals surface area contributed by atoms with E-state index in [2.05, 4.69) is 20.3 Å². The van der Waals surface area contributed by atoms with Crippen molar-refractivity contribution in [3.63, 3.8) is 0 Å². The average molecular weight is 643 g/mol. The van der Waals surface area contributed by atoms with Crippen LogP contribution in [0.5, 0.6) is 11.5 Å². The normalized spacial score (nSPS) is 15.6. The molecule has 4 heterocycles. The Bertz CT molecular complexity index is 1520. The first-order valence-corrected chi connectivity index (χ1v) is 14.7. The number of piperidine rings is 1. The molecule has 15 heteroatoms. The van der Waals surface area contributed by atoms with Gasteiger partial charge < -0.3 is 24.6 Å². The van der Waals surface area contributed by atoms with Crippen LogP contribution in [0.4, 0.5) is 28.1 Å². The predicted molar refractivity (Wildman–Crippen MR) is 168 cm³/mol. The summed E-state index contributed by atoms with van der Waals surface area (Å²) in [5, 5.41) is 3.41. The molecule has 0 bridgehead atoms. The predicted octanol–water partition coefficient (Wildman–Crippen LogP) is 4.39. The number of halogens is 2. The van der Waals surface area contributed by atoms with E-state index < -0.39 is 0 Å². The summed E-state index contributed by atoms with van der Waals surface area (Å²) in [6, 6.07) is 2.61. The standard InChI is InChI=1S/C29H33Cl2N9O4/c1-37(2)11-5-6-23(41)38-12-8-19(9-13-38)40-27-18(15-33-28(36-27)35-22-7-10-32-17-34-22)16-39(29(40)42)26-24(30)20(43-3)14-21(44-4)25(26)31/h5-7,10,14-15,17,19H,8-9,11-13,16H2,1-4H3,(H,32,33,34,35,36). The van der Waals surface area contributed by atoms with Crippen molar-refractivity contribution in [2.24, 2.45) is 0 Å². The second-order valence-electron chi connectivity index (χ2n) is 10.5. The Hall–Kier alpha value is -4.20. The van der Waals surface area contributed by atoms with Crippen LogP contribution in [0.2, 0.25) is 10.0 Å². The number of nitrogens with zero attached hydrogens (tertiary/aromatic N) is 8. The molecule has 1 saturated heterocycles. The van der Waals surface area contributed by atoms with E-state index >= 15 is 0 Å². The summed E-state index contributed by atoms with van der Waals surface area (Å²) in [6.45, 7) is 1.71. The second-order valence-corrected chi connectivity index (χ2v) is 11.2. The first-order chi connectivity index (χ1) is 21.2. The van der Waals surface area contributed by atoms with E-state index in [-0.39, 0.29) is 46.2 Å². The number of aromatic nitrogens is 4. The van der Waals surface area contributed by atoms with Gasteiger partial charge in [-0.3, -0.25) is 14.6 Å². The van der Waals surface area contributed by atoms with Crippen LogP contribution in [0, 0.1) is 0 Å². The van der Waals surface area contributed by atoms with Gasteiger partial charge in [0.15, 0.2) is 0 Å². The van der Waals surface area contributed by atoms with Crippen LogP contribution in [-0.4, -0.2) is 95.7 Å². The molecule has 0 spiro atoms. The number of benzene rings is 1. The topological polar surface area (TPSA) is 129 Å². The lowest BCUT2D eigenvalue weighted by atomic mass is 10.0. The molecule has 0 radical (unpaired) electrons. The highest BCUT2D eigenvalue weighted by atomic mass is 35.5. The molecular weight excluding hydrogens is 609 g/mol. The van der Waals surface area contributed by atoms with Crippen molar-refractivity contribution in [3.8, 4) is 11.5 Å². The number of rotatable bonds is 9. The van der Waals surface area contributed by atoms with Gasteiger partial charge in [0.1, 0.15) is 39.5 Å². The molecule has 1 N–H and O–H groups in total. The van der Waals surface area contributed by atoms with Gasteiger partial charge in [-0.25, -0.2) is 19.7 Å². The highest BCUT2D eigenvalue weighted by Gasteiger charge is 2.41. The summed E-state index contributed by atoms with van der Waals surface area (Å²) in [7, 11) is 6.83. The molecule has 232 valence electrons. The molecule has 1 fully saturated rings. The van der Waals surface area contributed by atoms with Crippen LogP contribution in [0.1, 0.15) is 18.4 Å². The number of urea groups is 1. The van der Waals surface area contributed by atoms with Crippen molar-refractivity contribution >= 4 is 58.4 Å². The Morgan fingerprint density at radius 2 is 1.84 bits per heavy atom. The zero-order chi connectivity index (χ0) is 31.4. The van der Waals surface area contributed by atoms with Gasteiger partial charge >= 0.3 is 6.03 Å². The highest BCUT2D eigenvalue weighted by Crippen LogP contribution is 2.48. The number of likely N-dealkylation sites (tertiary alicyclic amines) is 1. The molecule has 2 aliphatic heterocycles. The van der Waals surface area contributed by atoms with Gasteiger partial charge in [-0.15, -0.1) is 0 Å². The molecule has 0 saturated carbocycles. The van der Waals surface area contributed by atoms with Crippen molar-refractivity contribution in [3.05, 3.63) is 58.6 Å². The Balaban J connectivity index is 1.50. The third kappa shape index (κ3) is 6.49. The van der Waals surface area contributed by atoms with Gasteiger partial charge in [0, 0.05) is 55.8 Å². The summed E-state index contributed by atoms with van der Waals surface area (Å²) >= 11 is 13.5. The number of ether oxygens (including phenoxy) is 2. The minimum absolute atomic E-state index is 0.0574. The Labute approximate surface area is 265 Å². The number of likely N-dealkylation sites (N-methyl/N-ethyl adjacent to an activating group) is 1. The number of carbonyl (C=O) groups is 2. The fraction of sp³-hybridized carbons (Fsp3) is 0.379. The maximum absolute atomic E-state index is 14.4. The summed E-state index contributed by atoms with van der Waals surface area (Å²) in [5.74, 6) is 1.79. The summed E-state index contributed by atoms with van der Waals surface area (Å²) < 4.78 is 10.9. The fourth-order valence-corrected chi connectivity index (χ4v) is 5.85. The molecule has 0 unspecified atom stereocenters. The van der Waals surface area contributed by atoms with E-state index in [1.54, 1.807) is 40.4 Å². The Kier molecular flexibility index (Phi) is 9.67. The van der Waals surface area contributed by atoms with E-state index in [1.807, 2.05) is 25.1 Å². The van der Waals surface area contributed by atoms with Crippen molar-refractivity contribution in [2.45, 2.75) is 25.4 Å². The summed E-state index contributed by atoms with van der Waals surface area (Å²) in [4.78, 5) is 51.5. The third-order valence-corrected chi connectivity index (χ3v) is 8.08. The molecule has 2 aliphatic rings. The molecule has 3 amide bonds. The van der Waals surface area contributed by atoms with Crippen LogP contribution < -0.4 is 24.6 Å². The van der Waals surface area contributed by atoms with Gasteiger partial charge in [-0.1, -0.05) is 29.3 Å². The van der Waals surface area contributed by atoms with Crippen LogP contribution in [0.25, 0.3) is 0 Å². The van der Waals surface area contributed by atoms with E-state index in [4.69, 9.17) is 37.7 Å². The lowest BCUT2D eigenvalue weighted by Crippen LogP contribution is -2.55. The first kappa shape index (κ1) is 31.2. The first-order valence-electron chi connectivity index (χ1n) is 13.9. The average Bonchev–Trinajstić information content (AvgIpc) is 3.02. The zero-order valence-corrected chi connectivity index (χ0v) is 26.3. The van der Waals surface area contributed by atoms with Gasteiger partial charge in [-0.2, -0.15) is 4.98 Å². The third-order valence-electron chi connectivity index (χ3n) is 7.35. The number of amides is 3. The minimum atomic E-state index is -0.376. The monoisotopic (exact) mass is 641 g/mol. The number of nitrogens with one attached hydrogen (secondary N) is 1. The minimum Gasteiger partial charge on any atom is -0.495 e. The van der Waals surface area contributed by atoms with Crippen LogP contribution in [0.3, 0.4) is 0 Å². The van der Waals surface area contributed by atoms with Crippen LogP contribution in [0.15, 0.2) is 43.0 Å². The highest BCUT2D eigenvalue weighted by molar-refractivity contribution is 6.42. The lowest BCUT2D eigenvalue weighted by Gasteiger charge is -2.43. The van der Waals surface area contributed by atoms with Crippen molar-refractivity contribution < 1.29 is 19.1 Å². The van der Waals surface area contributed by atoms with E-state index in [9.17, 15) is 9.59 Å². The van der Waals surface area contributed by atoms with Gasteiger partial charge in [-0.05, 0) is 33.0 Å². The maximum Gasteiger partial charge on any atom is 0.330 e. The molecule has 1 aromatic carbocycles. The quantitative estimate of drug-likeness (QED) is 0.336. The molecule has 5 rings (SSSR count). The van der Waals surface area contributed by atoms with Crippen LogP contribution in [-0.2, 0) is 11.3 Å². The van der Waals surface area contributed by atoms with Crippen molar-refractivity contribution in [1.82, 2.24) is 29.7 Å². The maximum atomic E-state index is 14.4. The number of fused-ring (bicyclic) bond motifs is 1. The largest absolute Gasteiger partial charge is 0.495 e. The smallest absolute Gasteiger partial charge is 0.330 e. The SMILES string of the molecule is COc1cc(OC)c(Cl)c(N2Cc3cnc(Nc4ccncn4)nc3N(C3CCN(C(=O)C=CCN(C)C)CC3)C2=O)c1Cl. The second kappa shape index (κ2) is 13.6. The Morgan fingerprint density at radius 3 is 2.45 bits per heavy atom. The van der Waals surface area contributed by atoms with E-state index in [0.29, 0.717) is 61.2 Å². The molecule has 44 heavy (non-hydrogen) atoms. The molecule has 0 atom stereocenters. The number of hydrogen-bond donors (Lipinski definition) is 1. The molecule has 3 aromatic rings. The number of methoxy groups -OCH3 is 2. The zero-order valence-electron chi connectivity index (χ0n) is 24.8. The lowest BCUT2D eigenvalue weighted by molar-refractivity contribution is -0.127. The van der Waals surface area contributed by atoms with E-state index in [0.717, 1.165) is 0 Å². The van der Waals surface area contributed by atoms with E-state index in [1.165, 1.54) is 25.4 Å². The number of carbonyl (C=O) groups excluding carboxylic acids is 2. The Morgan fingerprint density at radius 1 is 1.14 bits per heavy atom. The number of anilines is 4. The molecule has 13 nitrogen and oxygen atoms in total. The van der Waals surface area contributed by atoms with Gasteiger partial charge in [0.25, 0.3) is 0 Å². The summed E-state index contributed by atoms with van der Waals surface area (Å²) in [6.07, 6.45) is 9.18. The fourth-order valence-electron chi connectivity index (χ4n) is 5.14. The van der Waals surface area contributed by atoms with Gasteiger partial charge in [0.05, 0.1) is 26.5 Å². The molecule has 0 aliphatic carbocycles.